The van der Waals surface area contributed by atoms with Gasteiger partial charge in [-0.15, -0.1) is 0 Å². The summed E-state index contributed by atoms with van der Waals surface area (Å²) in [5.41, 5.74) is 0.776. The molecule has 0 aliphatic carbocycles. The Labute approximate surface area is 151 Å². The maximum atomic E-state index is 12.3. The first-order valence-corrected chi connectivity index (χ1v) is 8.94. The molecule has 1 aromatic rings. The van der Waals surface area contributed by atoms with Crippen molar-refractivity contribution in [2.75, 3.05) is 13.2 Å². The summed E-state index contributed by atoms with van der Waals surface area (Å²) in [6.07, 6.45) is 2.67. The van der Waals surface area contributed by atoms with Gasteiger partial charge in [-0.2, -0.15) is 0 Å². The van der Waals surface area contributed by atoms with Crippen molar-refractivity contribution in [1.82, 2.24) is 4.90 Å². The molecule has 2 amide bonds. The minimum atomic E-state index is -0.599. The van der Waals surface area contributed by atoms with Crippen LogP contribution in [-0.2, 0) is 14.3 Å². The molecular formula is C18H21NO5S. The molecule has 1 atom stereocenters. The molecule has 134 valence electrons. The molecule has 25 heavy (non-hydrogen) atoms. The van der Waals surface area contributed by atoms with E-state index in [-0.39, 0.29) is 24.2 Å². The van der Waals surface area contributed by atoms with Gasteiger partial charge in [-0.1, -0.05) is 19.1 Å². The summed E-state index contributed by atoms with van der Waals surface area (Å²) in [6, 6.07) is 7.27. The third-order valence-electron chi connectivity index (χ3n) is 3.56. The SMILES string of the molecule is CCOC(=O)CN1C(=O)S/C(=C/c2ccc(O[C@@H](C)CC)cc2)C1=O. The summed E-state index contributed by atoms with van der Waals surface area (Å²) in [5.74, 6) is -0.331. The first-order valence-electron chi connectivity index (χ1n) is 8.12. The Hall–Kier alpha value is -2.28. The number of carbonyl (C=O) groups is 3. The van der Waals surface area contributed by atoms with E-state index in [1.807, 2.05) is 38.1 Å². The van der Waals surface area contributed by atoms with Gasteiger partial charge in [-0.3, -0.25) is 19.3 Å². The molecule has 1 saturated heterocycles. The number of amides is 2. The van der Waals surface area contributed by atoms with Gasteiger partial charge in [-0.25, -0.2) is 0 Å². The maximum Gasteiger partial charge on any atom is 0.326 e. The highest BCUT2D eigenvalue weighted by Gasteiger charge is 2.36. The third kappa shape index (κ3) is 5.09. The molecule has 6 nitrogen and oxygen atoms in total. The molecule has 2 rings (SSSR count). The van der Waals surface area contributed by atoms with Crippen LogP contribution in [-0.4, -0.2) is 41.3 Å². The lowest BCUT2D eigenvalue weighted by molar-refractivity contribution is -0.145. The van der Waals surface area contributed by atoms with Gasteiger partial charge in [0.05, 0.1) is 17.6 Å². The zero-order chi connectivity index (χ0) is 18.4. The topological polar surface area (TPSA) is 72.9 Å². The molecule has 0 unspecified atom stereocenters. The van der Waals surface area contributed by atoms with Crippen LogP contribution in [0.25, 0.3) is 6.08 Å². The van der Waals surface area contributed by atoms with Crippen LogP contribution in [0.2, 0.25) is 0 Å². The summed E-state index contributed by atoms with van der Waals surface area (Å²) in [6.45, 7) is 5.55. The number of benzene rings is 1. The number of imide groups is 1. The van der Waals surface area contributed by atoms with Crippen molar-refractivity contribution >= 4 is 35.0 Å². The van der Waals surface area contributed by atoms with Gasteiger partial charge >= 0.3 is 5.97 Å². The van der Waals surface area contributed by atoms with Crippen molar-refractivity contribution in [2.45, 2.75) is 33.3 Å². The largest absolute Gasteiger partial charge is 0.491 e. The number of ether oxygens (including phenoxy) is 2. The lowest BCUT2D eigenvalue weighted by Gasteiger charge is -2.12. The van der Waals surface area contributed by atoms with E-state index in [9.17, 15) is 14.4 Å². The standard InChI is InChI=1S/C18H21NO5S/c1-4-12(3)24-14-8-6-13(7-9-14)10-15-17(21)19(18(22)25-15)11-16(20)23-5-2/h6-10,12H,4-5,11H2,1-3H3/b15-10+/t12-/m0/s1. The van der Waals surface area contributed by atoms with Crippen LogP contribution in [0, 0.1) is 0 Å². The molecule has 7 heteroatoms. The first-order chi connectivity index (χ1) is 11.9. The van der Waals surface area contributed by atoms with E-state index in [4.69, 9.17) is 9.47 Å². The van der Waals surface area contributed by atoms with E-state index in [0.717, 1.165) is 34.4 Å². The highest BCUT2D eigenvalue weighted by atomic mass is 32.2. The highest BCUT2D eigenvalue weighted by Crippen LogP contribution is 2.32. The maximum absolute atomic E-state index is 12.3. The van der Waals surface area contributed by atoms with Gasteiger partial charge in [0.25, 0.3) is 11.1 Å². The molecule has 1 aliphatic rings. The van der Waals surface area contributed by atoms with Crippen molar-refractivity contribution in [3.8, 4) is 5.75 Å². The average Bonchev–Trinajstić information content (AvgIpc) is 2.84. The van der Waals surface area contributed by atoms with Crippen molar-refractivity contribution in [3.63, 3.8) is 0 Å². The Morgan fingerprint density at radius 2 is 1.92 bits per heavy atom. The van der Waals surface area contributed by atoms with Crippen LogP contribution in [0.1, 0.15) is 32.8 Å². The minimum absolute atomic E-state index is 0.130. The van der Waals surface area contributed by atoms with Gasteiger partial charge < -0.3 is 9.47 Å². The molecule has 1 aliphatic heterocycles. The summed E-state index contributed by atoms with van der Waals surface area (Å²) >= 11 is 0.815. The van der Waals surface area contributed by atoms with Crippen molar-refractivity contribution in [2.24, 2.45) is 0 Å². The fourth-order valence-corrected chi connectivity index (χ4v) is 2.92. The molecule has 1 fully saturated rings. The second kappa shape index (κ2) is 8.71. The van der Waals surface area contributed by atoms with Crippen LogP contribution in [0.3, 0.4) is 0 Å². The Bertz CT molecular complexity index is 683. The summed E-state index contributed by atoms with van der Waals surface area (Å²) in [4.78, 5) is 36.9. The number of nitrogens with zero attached hydrogens (tertiary/aromatic N) is 1. The summed E-state index contributed by atoms with van der Waals surface area (Å²) in [5, 5.41) is -0.471. The van der Waals surface area contributed by atoms with Gasteiger partial charge in [0.2, 0.25) is 0 Å². The number of esters is 1. The molecular weight excluding hydrogens is 342 g/mol. The van der Waals surface area contributed by atoms with Crippen LogP contribution in [0.15, 0.2) is 29.2 Å². The summed E-state index contributed by atoms with van der Waals surface area (Å²) in [7, 11) is 0. The first kappa shape index (κ1) is 19.1. The number of rotatable bonds is 7. The molecule has 0 bridgehead atoms. The van der Waals surface area contributed by atoms with E-state index in [2.05, 4.69) is 0 Å². The number of carbonyl (C=O) groups excluding carboxylic acids is 3. The van der Waals surface area contributed by atoms with E-state index >= 15 is 0 Å². The van der Waals surface area contributed by atoms with Crippen molar-refractivity contribution in [3.05, 3.63) is 34.7 Å². The molecule has 1 heterocycles. The number of hydrogen-bond acceptors (Lipinski definition) is 6. The Kier molecular flexibility index (Phi) is 6.64. The molecule has 0 saturated carbocycles. The van der Waals surface area contributed by atoms with E-state index < -0.39 is 17.1 Å². The Morgan fingerprint density at radius 3 is 2.52 bits per heavy atom. The fourth-order valence-electron chi connectivity index (χ4n) is 2.08. The van der Waals surface area contributed by atoms with E-state index in [1.165, 1.54) is 0 Å². The van der Waals surface area contributed by atoms with E-state index in [1.54, 1.807) is 13.0 Å². The van der Waals surface area contributed by atoms with Crippen LogP contribution < -0.4 is 4.74 Å². The number of hydrogen-bond donors (Lipinski definition) is 0. The van der Waals surface area contributed by atoms with Crippen LogP contribution >= 0.6 is 11.8 Å². The quantitative estimate of drug-likeness (QED) is 0.546. The van der Waals surface area contributed by atoms with Crippen molar-refractivity contribution in [1.29, 1.82) is 0 Å². The summed E-state index contributed by atoms with van der Waals surface area (Å²) < 4.78 is 10.5. The van der Waals surface area contributed by atoms with Gasteiger partial charge in [0.1, 0.15) is 12.3 Å². The average molecular weight is 363 g/mol. The zero-order valence-electron chi connectivity index (χ0n) is 14.5. The molecule has 1 aromatic carbocycles. The van der Waals surface area contributed by atoms with Crippen LogP contribution in [0.5, 0.6) is 5.75 Å². The Morgan fingerprint density at radius 1 is 1.24 bits per heavy atom. The van der Waals surface area contributed by atoms with Gasteiger partial charge in [-0.05, 0) is 55.8 Å². The van der Waals surface area contributed by atoms with Crippen LogP contribution in [0.4, 0.5) is 4.79 Å². The van der Waals surface area contributed by atoms with Crippen molar-refractivity contribution < 1.29 is 23.9 Å². The second-order valence-electron chi connectivity index (χ2n) is 5.48. The Balaban J connectivity index is 2.07. The number of thioether (sulfide) groups is 1. The normalized spacial score (nSPS) is 17.1. The van der Waals surface area contributed by atoms with Gasteiger partial charge in [0.15, 0.2) is 0 Å². The molecule has 0 radical (unpaired) electrons. The molecule has 0 aromatic heterocycles. The predicted octanol–water partition coefficient (Wildman–Crippen LogP) is 3.46. The lowest BCUT2D eigenvalue weighted by Crippen LogP contribution is -2.34. The zero-order valence-corrected chi connectivity index (χ0v) is 15.3. The molecule has 0 spiro atoms. The predicted molar refractivity (Wildman–Crippen MR) is 96.1 cm³/mol. The fraction of sp³-hybridized carbons (Fsp3) is 0.389. The third-order valence-corrected chi connectivity index (χ3v) is 4.46. The smallest absolute Gasteiger partial charge is 0.326 e. The monoisotopic (exact) mass is 363 g/mol. The molecule has 0 N–H and O–H groups in total. The second-order valence-corrected chi connectivity index (χ2v) is 6.47. The van der Waals surface area contributed by atoms with Gasteiger partial charge in [0, 0.05) is 0 Å². The highest BCUT2D eigenvalue weighted by molar-refractivity contribution is 8.18. The minimum Gasteiger partial charge on any atom is -0.491 e. The lowest BCUT2D eigenvalue weighted by atomic mass is 10.2. The van der Waals surface area contributed by atoms with E-state index in [0.29, 0.717) is 0 Å².